The van der Waals surface area contributed by atoms with E-state index in [0.717, 1.165) is 31.4 Å². The maximum atomic E-state index is 12.9. The number of anilines is 1. The molecule has 2 heterocycles. The van der Waals surface area contributed by atoms with Crippen LogP contribution in [-0.2, 0) is 12.8 Å². The number of thiazole rings is 1. The van der Waals surface area contributed by atoms with Gasteiger partial charge in [0.05, 0.1) is 12.1 Å². The molecule has 0 atom stereocenters. The molecule has 1 aliphatic carbocycles. The number of methoxy groups -OCH3 is 1. The lowest BCUT2D eigenvalue weighted by Gasteiger charge is -2.11. The quantitative estimate of drug-likeness (QED) is 0.743. The van der Waals surface area contributed by atoms with Crippen molar-refractivity contribution in [2.24, 2.45) is 0 Å². The Labute approximate surface area is 158 Å². The van der Waals surface area contributed by atoms with Crippen molar-refractivity contribution in [2.45, 2.75) is 25.7 Å². The highest BCUT2D eigenvalue weighted by molar-refractivity contribution is 7.17. The summed E-state index contributed by atoms with van der Waals surface area (Å²) in [6.45, 7) is 0. The van der Waals surface area contributed by atoms with Gasteiger partial charge < -0.3 is 10.1 Å². The van der Waals surface area contributed by atoms with Gasteiger partial charge in [0.2, 0.25) is 0 Å². The van der Waals surface area contributed by atoms with Gasteiger partial charge in [-0.2, -0.15) is 0 Å². The van der Waals surface area contributed by atoms with Gasteiger partial charge in [-0.3, -0.25) is 14.0 Å². The number of carbonyl (C=O) groups is 1. The lowest BCUT2D eigenvalue weighted by atomic mass is 10.0. The van der Waals surface area contributed by atoms with E-state index in [-0.39, 0.29) is 11.1 Å². The second kappa shape index (κ2) is 6.74. The third kappa shape index (κ3) is 2.87. The highest BCUT2D eigenvalue weighted by atomic mass is 35.5. The fourth-order valence-corrected chi connectivity index (χ4v) is 4.59. The Bertz CT molecular complexity index is 1070. The zero-order valence-corrected chi connectivity index (χ0v) is 15.6. The molecule has 1 N–H and O–H groups in total. The molecule has 0 saturated carbocycles. The topological polar surface area (TPSA) is 72.7 Å². The van der Waals surface area contributed by atoms with Crippen LogP contribution >= 0.6 is 22.9 Å². The molecule has 4 rings (SSSR count). The minimum atomic E-state index is -0.506. The number of rotatable bonds is 3. The van der Waals surface area contributed by atoms with Crippen LogP contribution in [0.25, 0.3) is 4.96 Å². The van der Waals surface area contributed by atoms with Gasteiger partial charge in [0.1, 0.15) is 11.3 Å². The molecular formula is C18H16ClN3O3S. The largest absolute Gasteiger partial charge is 0.495 e. The van der Waals surface area contributed by atoms with E-state index in [1.807, 2.05) is 0 Å². The Kier molecular flexibility index (Phi) is 4.42. The van der Waals surface area contributed by atoms with Crippen LogP contribution in [0.3, 0.4) is 0 Å². The smallest absolute Gasteiger partial charge is 0.271 e. The Morgan fingerprint density at radius 1 is 1.35 bits per heavy atom. The van der Waals surface area contributed by atoms with E-state index in [1.54, 1.807) is 22.6 Å². The normalized spacial score (nSPS) is 13.5. The summed E-state index contributed by atoms with van der Waals surface area (Å²) in [4.78, 5) is 31.7. The number of hydrogen-bond donors (Lipinski definition) is 1. The summed E-state index contributed by atoms with van der Waals surface area (Å²) in [6, 6.07) is 4.90. The first-order valence-electron chi connectivity index (χ1n) is 8.25. The van der Waals surface area contributed by atoms with Gasteiger partial charge in [-0.05, 0) is 43.9 Å². The van der Waals surface area contributed by atoms with Crippen molar-refractivity contribution < 1.29 is 9.53 Å². The number of hydrogen-bond acceptors (Lipinski definition) is 5. The maximum absolute atomic E-state index is 12.9. The number of benzene rings is 1. The number of aryl methyl sites for hydroxylation is 2. The molecule has 3 aromatic rings. The molecule has 0 unspecified atom stereocenters. The second-order valence-corrected chi connectivity index (χ2v) is 7.55. The molecule has 0 saturated heterocycles. The van der Waals surface area contributed by atoms with Crippen LogP contribution in [0, 0.1) is 0 Å². The highest BCUT2D eigenvalue weighted by Crippen LogP contribution is 2.29. The molecule has 0 aliphatic heterocycles. The maximum Gasteiger partial charge on any atom is 0.271 e. The van der Waals surface area contributed by atoms with Crippen LogP contribution in [0.4, 0.5) is 5.69 Å². The third-order valence-corrected chi connectivity index (χ3v) is 5.91. The molecule has 0 spiro atoms. The van der Waals surface area contributed by atoms with E-state index in [4.69, 9.17) is 16.3 Å². The number of nitrogens with zero attached hydrogens (tertiary/aromatic N) is 2. The van der Waals surface area contributed by atoms with Crippen LogP contribution in [0.5, 0.6) is 5.75 Å². The van der Waals surface area contributed by atoms with Gasteiger partial charge >= 0.3 is 0 Å². The molecule has 1 amide bonds. The number of amides is 1. The van der Waals surface area contributed by atoms with Crippen LogP contribution in [-0.4, -0.2) is 22.4 Å². The van der Waals surface area contributed by atoms with Gasteiger partial charge in [-0.25, -0.2) is 4.98 Å². The zero-order chi connectivity index (χ0) is 18.3. The lowest BCUT2D eigenvalue weighted by molar-refractivity contribution is 0.102. The van der Waals surface area contributed by atoms with E-state index >= 15 is 0 Å². The van der Waals surface area contributed by atoms with E-state index in [0.29, 0.717) is 21.4 Å². The lowest BCUT2D eigenvalue weighted by Crippen LogP contribution is -2.27. The van der Waals surface area contributed by atoms with Crippen molar-refractivity contribution in [1.82, 2.24) is 9.38 Å². The average Bonchev–Trinajstić information content (AvgIpc) is 3.01. The summed E-state index contributed by atoms with van der Waals surface area (Å²) >= 11 is 7.61. The first-order valence-corrected chi connectivity index (χ1v) is 9.45. The Hall–Kier alpha value is -2.38. The van der Waals surface area contributed by atoms with Crippen molar-refractivity contribution in [1.29, 1.82) is 0 Å². The summed E-state index contributed by atoms with van der Waals surface area (Å²) in [5.41, 5.74) is 1.17. The number of ether oxygens (including phenoxy) is 1. The van der Waals surface area contributed by atoms with Gasteiger partial charge in [0.15, 0.2) is 4.96 Å². The van der Waals surface area contributed by atoms with Crippen molar-refractivity contribution in [3.05, 3.63) is 55.9 Å². The number of carbonyl (C=O) groups excluding carboxylic acids is 1. The van der Waals surface area contributed by atoms with E-state index in [2.05, 4.69) is 10.3 Å². The van der Waals surface area contributed by atoms with Gasteiger partial charge in [-0.15, -0.1) is 11.3 Å². The van der Waals surface area contributed by atoms with Crippen molar-refractivity contribution in [2.75, 3.05) is 12.4 Å². The zero-order valence-electron chi connectivity index (χ0n) is 14.0. The predicted molar refractivity (Wildman–Crippen MR) is 102 cm³/mol. The van der Waals surface area contributed by atoms with Gasteiger partial charge in [0.25, 0.3) is 11.5 Å². The number of halogens is 1. The summed E-state index contributed by atoms with van der Waals surface area (Å²) in [7, 11) is 1.52. The van der Waals surface area contributed by atoms with Gasteiger partial charge in [-0.1, -0.05) is 11.6 Å². The number of nitrogens with one attached hydrogen (secondary N) is 1. The van der Waals surface area contributed by atoms with E-state index < -0.39 is 5.91 Å². The fraction of sp³-hybridized carbons (Fsp3) is 0.278. The Balaban J connectivity index is 1.70. The molecule has 6 nitrogen and oxygen atoms in total. The summed E-state index contributed by atoms with van der Waals surface area (Å²) < 4.78 is 6.69. The number of fused-ring (bicyclic) bond motifs is 3. The second-order valence-electron chi connectivity index (χ2n) is 6.08. The molecule has 8 heteroatoms. The van der Waals surface area contributed by atoms with Crippen LogP contribution in [0.15, 0.2) is 29.2 Å². The fourth-order valence-electron chi connectivity index (χ4n) is 3.17. The van der Waals surface area contributed by atoms with Gasteiger partial charge in [0, 0.05) is 22.5 Å². The highest BCUT2D eigenvalue weighted by Gasteiger charge is 2.21. The standard InChI is InChI=1S/C18H16ClN3O3S/c1-25-14-7-6-10(8-12(14)19)21-16(23)11-9-20-18-22(17(11)24)13-4-2-3-5-15(13)26-18/h6-9H,2-5H2,1H3,(H,21,23). The summed E-state index contributed by atoms with van der Waals surface area (Å²) in [5, 5.41) is 3.08. The van der Waals surface area contributed by atoms with Crippen LogP contribution < -0.4 is 15.6 Å². The molecule has 0 radical (unpaired) electrons. The molecular weight excluding hydrogens is 374 g/mol. The first-order chi connectivity index (χ1) is 12.6. The van der Waals surface area contributed by atoms with Crippen molar-refractivity contribution in [3.63, 3.8) is 0 Å². The van der Waals surface area contributed by atoms with E-state index in [1.165, 1.54) is 29.5 Å². The van der Waals surface area contributed by atoms with E-state index in [9.17, 15) is 9.59 Å². The van der Waals surface area contributed by atoms with Crippen molar-refractivity contribution >= 4 is 39.5 Å². The molecule has 26 heavy (non-hydrogen) atoms. The minimum Gasteiger partial charge on any atom is -0.495 e. The third-order valence-electron chi connectivity index (χ3n) is 4.46. The predicted octanol–water partition coefficient (Wildman–Crippen LogP) is 3.55. The minimum absolute atomic E-state index is 0.0145. The summed E-state index contributed by atoms with van der Waals surface area (Å²) in [5.74, 6) is 0.00613. The molecule has 0 bridgehead atoms. The summed E-state index contributed by atoms with van der Waals surface area (Å²) in [6.07, 6.45) is 5.33. The van der Waals surface area contributed by atoms with Crippen molar-refractivity contribution in [3.8, 4) is 5.75 Å². The monoisotopic (exact) mass is 389 g/mol. The molecule has 1 aromatic carbocycles. The van der Waals surface area contributed by atoms with Crippen LogP contribution in [0.1, 0.15) is 33.8 Å². The molecule has 1 aliphatic rings. The Morgan fingerprint density at radius 2 is 2.15 bits per heavy atom. The molecule has 0 fully saturated rings. The van der Waals surface area contributed by atoms with Crippen LogP contribution in [0.2, 0.25) is 5.02 Å². The first kappa shape index (κ1) is 17.1. The average molecular weight is 390 g/mol. The molecule has 134 valence electrons. The SMILES string of the molecule is COc1ccc(NC(=O)c2cnc3sc4c(n3c2=O)CCCC4)cc1Cl. The Morgan fingerprint density at radius 3 is 2.92 bits per heavy atom. The molecule has 2 aromatic heterocycles. The number of aromatic nitrogens is 2.